The summed E-state index contributed by atoms with van der Waals surface area (Å²) in [6, 6.07) is 3.96. The van der Waals surface area contributed by atoms with Crippen LogP contribution < -0.4 is 5.32 Å². The third-order valence-corrected chi connectivity index (χ3v) is 4.07. The molecule has 1 amide bonds. The van der Waals surface area contributed by atoms with Crippen LogP contribution >= 0.6 is 11.6 Å². The summed E-state index contributed by atoms with van der Waals surface area (Å²) in [5.74, 6) is -1.07. The van der Waals surface area contributed by atoms with E-state index < -0.39 is 18.5 Å². The lowest BCUT2D eigenvalue weighted by Crippen LogP contribution is -2.22. The number of esters is 1. The number of aromatic nitrogens is 2. The van der Waals surface area contributed by atoms with Gasteiger partial charge in [-0.25, -0.2) is 4.79 Å². The Bertz CT molecular complexity index is 789. The summed E-state index contributed by atoms with van der Waals surface area (Å²) in [6.45, 7) is 7.09. The number of nitrogens with zero attached hydrogens (tertiary/aromatic N) is 2. The molecule has 0 spiro atoms. The molecular weight excluding hydrogens is 330 g/mol. The van der Waals surface area contributed by atoms with E-state index in [-0.39, 0.29) is 10.7 Å². The van der Waals surface area contributed by atoms with E-state index in [0.717, 1.165) is 22.4 Å². The zero-order valence-corrected chi connectivity index (χ0v) is 15.1. The van der Waals surface area contributed by atoms with Gasteiger partial charge in [0.1, 0.15) is 10.7 Å². The highest BCUT2D eigenvalue weighted by molar-refractivity contribution is 6.32. The van der Waals surface area contributed by atoms with Crippen molar-refractivity contribution in [2.24, 2.45) is 7.05 Å². The van der Waals surface area contributed by atoms with Gasteiger partial charge in [-0.15, -0.1) is 0 Å². The van der Waals surface area contributed by atoms with Gasteiger partial charge in [-0.05, 0) is 38.8 Å². The van der Waals surface area contributed by atoms with Crippen molar-refractivity contribution in [3.8, 4) is 0 Å². The molecule has 0 aliphatic rings. The van der Waals surface area contributed by atoms with E-state index in [1.54, 1.807) is 14.0 Å². The smallest absolute Gasteiger partial charge is 0.343 e. The average molecular weight is 350 g/mol. The summed E-state index contributed by atoms with van der Waals surface area (Å²) in [6.07, 6.45) is 0. The molecular formula is C17H20ClN3O3. The monoisotopic (exact) mass is 349 g/mol. The predicted octanol–water partition coefficient (Wildman–Crippen LogP) is 3.10. The number of hydrogen-bond acceptors (Lipinski definition) is 4. The zero-order valence-electron chi connectivity index (χ0n) is 14.4. The van der Waals surface area contributed by atoms with Crippen LogP contribution in [0.5, 0.6) is 0 Å². The van der Waals surface area contributed by atoms with Crippen LogP contribution in [0.25, 0.3) is 0 Å². The Morgan fingerprint density at radius 1 is 1.21 bits per heavy atom. The lowest BCUT2D eigenvalue weighted by Gasteiger charge is -2.13. The molecule has 0 unspecified atom stereocenters. The fourth-order valence-electron chi connectivity index (χ4n) is 2.62. The number of ether oxygens (including phenoxy) is 1. The number of benzene rings is 1. The van der Waals surface area contributed by atoms with Crippen molar-refractivity contribution >= 4 is 29.2 Å². The number of halogens is 1. The second kappa shape index (κ2) is 7.05. The van der Waals surface area contributed by atoms with Crippen molar-refractivity contribution in [1.29, 1.82) is 0 Å². The molecule has 0 bridgehead atoms. The first-order valence-electron chi connectivity index (χ1n) is 7.44. The quantitative estimate of drug-likeness (QED) is 0.861. The SMILES string of the molecule is Cc1cc(C)c(NC(=O)COC(=O)c2c(C)nn(C)c2Cl)c(C)c1. The predicted molar refractivity (Wildman–Crippen MR) is 92.5 cm³/mol. The molecule has 0 saturated carbocycles. The van der Waals surface area contributed by atoms with Crippen molar-refractivity contribution in [3.05, 3.63) is 45.2 Å². The van der Waals surface area contributed by atoms with Crippen LogP contribution in [0, 0.1) is 27.7 Å². The van der Waals surface area contributed by atoms with Gasteiger partial charge in [0.15, 0.2) is 6.61 Å². The average Bonchev–Trinajstić information content (AvgIpc) is 2.73. The molecule has 24 heavy (non-hydrogen) atoms. The van der Waals surface area contributed by atoms with Crippen LogP contribution in [0.2, 0.25) is 5.15 Å². The minimum absolute atomic E-state index is 0.176. The topological polar surface area (TPSA) is 73.2 Å². The van der Waals surface area contributed by atoms with E-state index in [4.69, 9.17) is 16.3 Å². The molecule has 0 fully saturated rings. The Hall–Kier alpha value is -2.34. The molecule has 1 heterocycles. The van der Waals surface area contributed by atoms with Crippen molar-refractivity contribution < 1.29 is 14.3 Å². The molecule has 6 nitrogen and oxygen atoms in total. The second-order valence-corrected chi connectivity index (χ2v) is 6.13. The number of aryl methyl sites for hydroxylation is 5. The van der Waals surface area contributed by atoms with Gasteiger partial charge in [0, 0.05) is 12.7 Å². The van der Waals surface area contributed by atoms with Gasteiger partial charge in [0.2, 0.25) is 0 Å². The molecule has 2 rings (SSSR count). The summed E-state index contributed by atoms with van der Waals surface area (Å²) in [5, 5.41) is 7.00. The standard InChI is InChI=1S/C17H20ClN3O3/c1-9-6-10(2)15(11(3)7-9)19-13(22)8-24-17(23)14-12(4)20-21(5)16(14)18/h6-7H,8H2,1-5H3,(H,19,22). The van der Waals surface area contributed by atoms with Crippen molar-refractivity contribution in [2.45, 2.75) is 27.7 Å². The fourth-order valence-corrected chi connectivity index (χ4v) is 2.87. The number of amides is 1. The summed E-state index contributed by atoms with van der Waals surface area (Å²) in [7, 11) is 1.63. The van der Waals surface area contributed by atoms with Gasteiger partial charge >= 0.3 is 5.97 Å². The van der Waals surface area contributed by atoms with Gasteiger partial charge in [-0.3, -0.25) is 9.48 Å². The molecule has 0 aliphatic carbocycles. The Morgan fingerprint density at radius 2 is 1.79 bits per heavy atom. The second-order valence-electron chi connectivity index (χ2n) is 5.77. The van der Waals surface area contributed by atoms with E-state index in [1.165, 1.54) is 4.68 Å². The number of rotatable bonds is 4. The maximum Gasteiger partial charge on any atom is 0.343 e. The summed E-state index contributed by atoms with van der Waals surface area (Å²) < 4.78 is 6.43. The largest absolute Gasteiger partial charge is 0.452 e. The van der Waals surface area contributed by atoms with Crippen LogP contribution in [-0.4, -0.2) is 28.3 Å². The van der Waals surface area contributed by atoms with E-state index in [2.05, 4.69) is 10.4 Å². The van der Waals surface area contributed by atoms with Crippen LogP contribution in [0.4, 0.5) is 5.69 Å². The van der Waals surface area contributed by atoms with Gasteiger partial charge < -0.3 is 10.1 Å². The normalized spacial score (nSPS) is 10.6. The number of carbonyl (C=O) groups excluding carboxylic acids is 2. The molecule has 7 heteroatoms. The first-order chi connectivity index (χ1) is 11.2. The van der Waals surface area contributed by atoms with Gasteiger partial charge in [0.05, 0.1) is 5.69 Å². The van der Waals surface area contributed by atoms with Gasteiger partial charge in [-0.1, -0.05) is 29.3 Å². The molecule has 128 valence electrons. The Kier molecular flexibility index (Phi) is 5.29. The Balaban J connectivity index is 2.03. The van der Waals surface area contributed by atoms with Crippen molar-refractivity contribution in [2.75, 3.05) is 11.9 Å². The molecule has 0 saturated heterocycles. The highest BCUT2D eigenvalue weighted by Crippen LogP contribution is 2.22. The number of carbonyl (C=O) groups is 2. The van der Waals surface area contributed by atoms with Crippen LogP contribution in [0.1, 0.15) is 32.7 Å². The highest BCUT2D eigenvalue weighted by Gasteiger charge is 2.21. The Morgan fingerprint density at radius 3 is 2.29 bits per heavy atom. The molecule has 0 atom stereocenters. The van der Waals surface area contributed by atoms with E-state index in [0.29, 0.717) is 5.69 Å². The van der Waals surface area contributed by atoms with Gasteiger partial charge in [0.25, 0.3) is 5.91 Å². The van der Waals surface area contributed by atoms with Crippen LogP contribution in [0.3, 0.4) is 0 Å². The highest BCUT2D eigenvalue weighted by atomic mass is 35.5. The molecule has 0 aliphatic heterocycles. The first kappa shape index (κ1) is 18.0. The van der Waals surface area contributed by atoms with Crippen molar-refractivity contribution in [1.82, 2.24) is 9.78 Å². The van der Waals surface area contributed by atoms with Crippen LogP contribution in [-0.2, 0) is 16.6 Å². The summed E-state index contributed by atoms with van der Waals surface area (Å²) >= 11 is 6.01. The maximum absolute atomic E-state index is 12.1. The summed E-state index contributed by atoms with van der Waals surface area (Å²) in [5.41, 5.74) is 4.40. The minimum Gasteiger partial charge on any atom is -0.452 e. The Labute approximate surface area is 145 Å². The zero-order chi connectivity index (χ0) is 18.0. The van der Waals surface area contributed by atoms with Gasteiger partial charge in [-0.2, -0.15) is 5.10 Å². The molecule has 0 radical (unpaired) electrons. The molecule has 1 N–H and O–H groups in total. The molecule has 1 aromatic heterocycles. The first-order valence-corrected chi connectivity index (χ1v) is 7.82. The third-order valence-electron chi connectivity index (χ3n) is 3.63. The molecule has 2 aromatic rings. The minimum atomic E-state index is -0.668. The maximum atomic E-state index is 12.1. The number of anilines is 1. The van der Waals surface area contributed by atoms with E-state index in [9.17, 15) is 9.59 Å². The van der Waals surface area contributed by atoms with Crippen LogP contribution in [0.15, 0.2) is 12.1 Å². The van der Waals surface area contributed by atoms with E-state index in [1.807, 2.05) is 32.9 Å². The summed E-state index contributed by atoms with van der Waals surface area (Å²) in [4.78, 5) is 24.2. The number of nitrogens with one attached hydrogen (secondary N) is 1. The van der Waals surface area contributed by atoms with Crippen molar-refractivity contribution in [3.63, 3.8) is 0 Å². The number of hydrogen-bond donors (Lipinski definition) is 1. The third kappa shape index (κ3) is 3.76. The fraction of sp³-hybridized carbons (Fsp3) is 0.353. The van der Waals surface area contributed by atoms with E-state index >= 15 is 0 Å². The molecule has 1 aromatic carbocycles. The lowest BCUT2D eigenvalue weighted by atomic mass is 10.1. The lowest BCUT2D eigenvalue weighted by molar-refractivity contribution is -0.119.